The number of amides is 3. The van der Waals surface area contributed by atoms with E-state index in [0.29, 0.717) is 54.0 Å². The van der Waals surface area contributed by atoms with Crippen LogP contribution in [0.25, 0.3) is 16.6 Å². The van der Waals surface area contributed by atoms with Crippen molar-refractivity contribution in [2.24, 2.45) is 0 Å². The van der Waals surface area contributed by atoms with Crippen LogP contribution in [0.1, 0.15) is 54.9 Å². The van der Waals surface area contributed by atoms with Crippen molar-refractivity contribution in [2.75, 3.05) is 36.8 Å². The van der Waals surface area contributed by atoms with Gasteiger partial charge in [-0.15, -0.1) is 0 Å². The fourth-order valence-corrected chi connectivity index (χ4v) is 5.05. The lowest BCUT2D eigenvalue weighted by Gasteiger charge is -2.24. The van der Waals surface area contributed by atoms with Crippen molar-refractivity contribution < 1.29 is 14.4 Å². The van der Waals surface area contributed by atoms with E-state index in [2.05, 4.69) is 43.5 Å². The molecule has 3 aromatic heterocycles. The zero-order chi connectivity index (χ0) is 26.8. The molecule has 5 rings (SSSR count). The van der Waals surface area contributed by atoms with Crippen molar-refractivity contribution in [3.63, 3.8) is 0 Å². The van der Waals surface area contributed by atoms with Crippen molar-refractivity contribution in [1.29, 1.82) is 0 Å². The van der Waals surface area contributed by atoms with Gasteiger partial charge < -0.3 is 20.5 Å². The molecule has 3 aromatic rings. The predicted molar refractivity (Wildman–Crippen MR) is 147 cm³/mol. The number of hydrogen-bond acceptors (Lipinski definition) is 6. The van der Waals surface area contributed by atoms with Crippen LogP contribution in [-0.4, -0.2) is 74.7 Å². The van der Waals surface area contributed by atoms with Gasteiger partial charge in [0.1, 0.15) is 5.65 Å². The van der Waals surface area contributed by atoms with Crippen molar-refractivity contribution in [2.45, 2.75) is 46.1 Å². The minimum atomic E-state index is -0.310. The van der Waals surface area contributed by atoms with Gasteiger partial charge in [-0.3, -0.25) is 24.3 Å². The molecule has 10 heteroatoms. The number of aromatic nitrogens is 3. The Bertz CT molecular complexity index is 1430. The minimum Gasteiger partial charge on any atom is -0.339 e. The first-order valence-electron chi connectivity index (χ1n) is 13.0. The van der Waals surface area contributed by atoms with Gasteiger partial charge in [-0.1, -0.05) is 6.08 Å². The Hall–Kier alpha value is -4.05. The molecule has 1 atom stereocenters. The van der Waals surface area contributed by atoms with Crippen LogP contribution < -0.4 is 10.6 Å². The maximum atomic E-state index is 13.1. The summed E-state index contributed by atoms with van der Waals surface area (Å²) in [4.78, 5) is 53.3. The number of carbonyl (C=O) groups is 3. The molecule has 1 fully saturated rings. The van der Waals surface area contributed by atoms with Crippen LogP contribution in [0.2, 0.25) is 0 Å². The standard InChI is InChI=1S/C28H33N7O3/c1-17-5-4-8-35(17)16-26(37)31-23-13-24(18(2)29-15-23)33-28(38)22-11-21-12-25(32-27(21)30-14-22)20-6-9-34(10-7-20)19(3)36/h6,11-15,17H,4-5,7-10,16H2,1-3H3,(H,30,32)(H,31,37)(H,33,38)/t17-/m0/s1. The second kappa shape index (κ2) is 10.7. The number of pyridine rings is 2. The van der Waals surface area contributed by atoms with Crippen LogP contribution in [0.3, 0.4) is 0 Å². The number of aryl methyl sites for hydroxylation is 1. The van der Waals surface area contributed by atoms with Crippen molar-refractivity contribution >= 4 is 45.7 Å². The first kappa shape index (κ1) is 25.6. The van der Waals surface area contributed by atoms with E-state index in [9.17, 15) is 14.4 Å². The highest BCUT2D eigenvalue weighted by molar-refractivity contribution is 6.06. The highest BCUT2D eigenvalue weighted by Crippen LogP contribution is 2.26. The quantitative estimate of drug-likeness (QED) is 0.461. The zero-order valence-corrected chi connectivity index (χ0v) is 22.0. The molecule has 0 bridgehead atoms. The summed E-state index contributed by atoms with van der Waals surface area (Å²) in [5.41, 5.74) is 4.90. The maximum Gasteiger partial charge on any atom is 0.257 e. The van der Waals surface area contributed by atoms with Crippen LogP contribution in [0.15, 0.2) is 36.7 Å². The molecule has 198 valence electrons. The van der Waals surface area contributed by atoms with Gasteiger partial charge in [0.2, 0.25) is 11.8 Å². The number of H-pyrrole nitrogens is 1. The van der Waals surface area contributed by atoms with Gasteiger partial charge in [0.25, 0.3) is 5.91 Å². The molecule has 5 heterocycles. The number of rotatable bonds is 6. The summed E-state index contributed by atoms with van der Waals surface area (Å²) in [6.07, 6.45) is 8.17. The number of hydrogen-bond donors (Lipinski definition) is 3. The molecule has 1 saturated heterocycles. The lowest BCUT2D eigenvalue weighted by atomic mass is 10.0. The Balaban J connectivity index is 1.26. The Morgan fingerprint density at radius 2 is 1.95 bits per heavy atom. The third-order valence-corrected chi connectivity index (χ3v) is 7.39. The summed E-state index contributed by atoms with van der Waals surface area (Å²) in [6.45, 7) is 8.06. The van der Waals surface area contributed by atoms with E-state index in [-0.39, 0.29) is 17.7 Å². The van der Waals surface area contributed by atoms with Crippen molar-refractivity contribution in [3.05, 3.63) is 53.6 Å². The largest absolute Gasteiger partial charge is 0.339 e. The third kappa shape index (κ3) is 5.60. The van der Waals surface area contributed by atoms with Gasteiger partial charge in [-0.2, -0.15) is 0 Å². The molecule has 0 unspecified atom stereocenters. The van der Waals surface area contributed by atoms with E-state index < -0.39 is 0 Å². The number of nitrogens with zero attached hydrogens (tertiary/aromatic N) is 4. The molecule has 3 amide bonds. The fourth-order valence-electron chi connectivity index (χ4n) is 5.05. The monoisotopic (exact) mass is 515 g/mol. The van der Waals surface area contributed by atoms with Crippen LogP contribution in [0, 0.1) is 6.92 Å². The molecule has 0 aromatic carbocycles. The topological polar surface area (TPSA) is 123 Å². The molecule has 0 spiro atoms. The van der Waals surface area contributed by atoms with E-state index in [0.717, 1.165) is 42.5 Å². The van der Waals surface area contributed by atoms with Crippen molar-refractivity contribution in [3.8, 4) is 0 Å². The average molecular weight is 516 g/mol. The fraction of sp³-hybridized carbons (Fsp3) is 0.393. The number of carbonyl (C=O) groups excluding carboxylic acids is 3. The van der Waals surface area contributed by atoms with Gasteiger partial charge in [0, 0.05) is 43.3 Å². The molecule has 2 aliphatic heterocycles. The van der Waals surface area contributed by atoms with Gasteiger partial charge in [0.05, 0.1) is 35.4 Å². The molecule has 0 saturated carbocycles. The zero-order valence-electron chi connectivity index (χ0n) is 22.0. The van der Waals surface area contributed by atoms with E-state index in [1.165, 1.54) is 6.20 Å². The van der Waals surface area contributed by atoms with Gasteiger partial charge in [-0.05, 0) is 63.4 Å². The molecule has 2 aliphatic rings. The summed E-state index contributed by atoms with van der Waals surface area (Å²) < 4.78 is 0. The number of fused-ring (bicyclic) bond motifs is 1. The normalized spacial score (nSPS) is 17.9. The Kier molecular flexibility index (Phi) is 7.24. The summed E-state index contributed by atoms with van der Waals surface area (Å²) in [5, 5.41) is 6.64. The highest BCUT2D eigenvalue weighted by Gasteiger charge is 2.22. The Morgan fingerprint density at radius 1 is 1.11 bits per heavy atom. The smallest absolute Gasteiger partial charge is 0.257 e. The van der Waals surface area contributed by atoms with E-state index in [4.69, 9.17) is 0 Å². The molecule has 3 N–H and O–H groups in total. The van der Waals surface area contributed by atoms with Crippen LogP contribution in [-0.2, 0) is 9.59 Å². The minimum absolute atomic E-state index is 0.0735. The molecule has 38 heavy (non-hydrogen) atoms. The lowest BCUT2D eigenvalue weighted by Crippen LogP contribution is -2.35. The molecular weight excluding hydrogens is 482 g/mol. The summed E-state index contributed by atoms with van der Waals surface area (Å²) in [7, 11) is 0. The number of likely N-dealkylation sites (tertiary alicyclic amines) is 1. The van der Waals surface area contributed by atoms with Crippen LogP contribution in [0.4, 0.5) is 11.4 Å². The molecule has 0 aliphatic carbocycles. The van der Waals surface area contributed by atoms with Crippen LogP contribution in [0.5, 0.6) is 0 Å². The predicted octanol–water partition coefficient (Wildman–Crippen LogP) is 3.58. The Morgan fingerprint density at radius 3 is 2.66 bits per heavy atom. The second-order valence-corrected chi connectivity index (χ2v) is 10.1. The molecule has 0 radical (unpaired) electrons. The summed E-state index contributed by atoms with van der Waals surface area (Å²) in [6, 6.07) is 5.92. The average Bonchev–Trinajstić information content (AvgIpc) is 3.51. The van der Waals surface area contributed by atoms with Crippen LogP contribution >= 0.6 is 0 Å². The van der Waals surface area contributed by atoms with Crippen molar-refractivity contribution in [1.82, 2.24) is 24.8 Å². The highest BCUT2D eigenvalue weighted by atomic mass is 16.2. The molecule has 10 nitrogen and oxygen atoms in total. The number of aromatic amines is 1. The SMILES string of the molecule is CC(=O)N1CC=C(c2cc3cc(C(=O)Nc4cc(NC(=O)CN5CCC[C@@H]5C)cnc4C)cnc3[nH]2)CC1. The van der Waals surface area contributed by atoms with E-state index >= 15 is 0 Å². The maximum absolute atomic E-state index is 13.1. The second-order valence-electron chi connectivity index (χ2n) is 10.1. The Labute approximate surface area is 221 Å². The first-order chi connectivity index (χ1) is 18.3. The van der Waals surface area contributed by atoms with Gasteiger partial charge >= 0.3 is 0 Å². The van der Waals surface area contributed by atoms with Gasteiger partial charge in [-0.25, -0.2) is 4.98 Å². The third-order valence-electron chi connectivity index (χ3n) is 7.39. The number of nitrogens with one attached hydrogen (secondary N) is 3. The lowest BCUT2D eigenvalue weighted by molar-refractivity contribution is -0.128. The van der Waals surface area contributed by atoms with E-state index in [1.54, 1.807) is 37.1 Å². The number of anilines is 2. The summed E-state index contributed by atoms with van der Waals surface area (Å²) >= 11 is 0. The summed E-state index contributed by atoms with van der Waals surface area (Å²) in [5.74, 6) is -0.332. The van der Waals surface area contributed by atoms with Gasteiger partial charge in [0.15, 0.2) is 0 Å². The first-order valence-corrected chi connectivity index (χ1v) is 13.0. The molecular formula is C28H33N7O3. The van der Waals surface area contributed by atoms with E-state index in [1.807, 2.05) is 6.07 Å².